The van der Waals surface area contributed by atoms with Gasteiger partial charge in [-0.15, -0.1) is 0 Å². The van der Waals surface area contributed by atoms with Crippen molar-refractivity contribution in [1.82, 2.24) is 14.9 Å². The van der Waals surface area contributed by atoms with Gasteiger partial charge in [-0.1, -0.05) is 6.92 Å². The molecule has 13 heteroatoms. The van der Waals surface area contributed by atoms with E-state index in [-0.39, 0.29) is 35.6 Å². The van der Waals surface area contributed by atoms with E-state index in [0.717, 1.165) is 22.9 Å². The molecule has 4 rings (SSSR count). The van der Waals surface area contributed by atoms with Crippen LogP contribution in [-0.4, -0.2) is 62.4 Å². The van der Waals surface area contributed by atoms with Crippen molar-refractivity contribution in [2.24, 2.45) is 0 Å². The molecule has 36 heavy (non-hydrogen) atoms. The molecule has 0 radical (unpaired) electrons. The molecule has 4 atom stereocenters. The quantitative estimate of drug-likeness (QED) is 0.295. The molecule has 1 saturated heterocycles. The summed E-state index contributed by atoms with van der Waals surface area (Å²) in [7, 11) is 0. The first-order valence-corrected chi connectivity index (χ1v) is 11.0. The summed E-state index contributed by atoms with van der Waals surface area (Å²) in [4.78, 5) is 19.1. The lowest BCUT2D eigenvalue weighted by molar-refractivity contribution is -0.164. The molecule has 2 aromatic heterocycles. The van der Waals surface area contributed by atoms with Crippen molar-refractivity contribution in [1.29, 1.82) is 0 Å². The number of nitrogens with one attached hydrogen (secondary N) is 1. The zero-order chi connectivity index (χ0) is 26.4. The van der Waals surface area contributed by atoms with Gasteiger partial charge in [0.2, 0.25) is 0 Å². The minimum Gasteiger partial charge on any atom is -0.389 e. The highest BCUT2D eigenvalue weighted by Gasteiger charge is 2.39. The van der Waals surface area contributed by atoms with E-state index in [2.05, 4.69) is 4.98 Å². The molecule has 3 heterocycles. The second-order valence-electron chi connectivity index (χ2n) is 8.53. The van der Waals surface area contributed by atoms with Gasteiger partial charge in [-0.25, -0.2) is 13.8 Å². The number of anilines is 1. The van der Waals surface area contributed by atoms with E-state index in [1.54, 1.807) is 0 Å². The Balaban J connectivity index is 1.89. The predicted molar refractivity (Wildman–Crippen MR) is 120 cm³/mol. The first-order chi connectivity index (χ1) is 16.9. The second-order valence-corrected chi connectivity index (χ2v) is 8.53. The largest absolute Gasteiger partial charge is 0.403 e. The Labute approximate surface area is 201 Å². The van der Waals surface area contributed by atoms with E-state index in [9.17, 15) is 42.1 Å². The molecule has 194 valence electrons. The fraction of sp³-hybridized carbons (Fsp3) is 0.391. The Kier molecular flexibility index (Phi) is 7.01. The van der Waals surface area contributed by atoms with Gasteiger partial charge in [-0.2, -0.15) is 13.2 Å². The average molecular weight is 514 g/mol. The molecule has 3 aromatic rings. The van der Waals surface area contributed by atoms with Gasteiger partial charge in [0.25, 0.3) is 0 Å². The van der Waals surface area contributed by atoms with E-state index < -0.39 is 59.7 Å². The molecular formula is C23H23F5N4O4. The highest BCUT2D eigenvalue weighted by atomic mass is 19.4. The maximum Gasteiger partial charge on any atom is 0.403 e. The molecule has 4 N–H and O–H groups in total. The molecule has 8 nitrogen and oxygen atoms in total. The number of β-amino-alcohol motifs (C(OH)–C–C–N with tert-alkyl or cyclic N) is 2. The van der Waals surface area contributed by atoms with Gasteiger partial charge in [0.1, 0.15) is 29.7 Å². The number of aromatic nitrogens is 2. The lowest BCUT2D eigenvalue weighted by atomic mass is 10.1. The SMILES string of the molecule is CC[C@@H](NC(O)c1cn(-c2ccc(F)cc2F)c2nc(N3C[C@@H](O)[C@H](O)C3)ccc2c1=O)C(F)(F)F. The molecule has 0 aliphatic carbocycles. The van der Waals surface area contributed by atoms with Gasteiger partial charge in [-0.3, -0.25) is 14.7 Å². The Bertz CT molecular complexity index is 1320. The maximum absolute atomic E-state index is 14.8. The third kappa shape index (κ3) is 4.91. The monoisotopic (exact) mass is 514 g/mol. The molecule has 1 unspecified atom stereocenters. The summed E-state index contributed by atoms with van der Waals surface area (Å²) in [6.45, 7) is 1.32. The Morgan fingerprint density at radius 1 is 1.14 bits per heavy atom. The minimum absolute atomic E-state index is 0.0331. The number of aliphatic hydroxyl groups excluding tert-OH is 3. The van der Waals surface area contributed by atoms with Crippen LogP contribution in [0.2, 0.25) is 0 Å². The molecule has 1 aliphatic heterocycles. The molecule has 0 spiro atoms. The van der Waals surface area contributed by atoms with E-state index >= 15 is 0 Å². The van der Waals surface area contributed by atoms with E-state index in [0.29, 0.717) is 6.07 Å². The summed E-state index contributed by atoms with van der Waals surface area (Å²) in [5, 5.41) is 32.1. The van der Waals surface area contributed by atoms with Crippen molar-refractivity contribution in [3.63, 3.8) is 0 Å². The number of hydrogen-bond donors (Lipinski definition) is 4. The van der Waals surface area contributed by atoms with Crippen LogP contribution in [0.25, 0.3) is 16.7 Å². The summed E-state index contributed by atoms with van der Waals surface area (Å²) in [5.74, 6) is -1.70. The summed E-state index contributed by atoms with van der Waals surface area (Å²) in [6, 6.07) is 3.17. The van der Waals surface area contributed by atoms with Crippen molar-refractivity contribution < 1.29 is 37.3 Å². The number of benzene rings is 1. The van der Waals surface area contributed by atoms with Crippen LogP contribution in [0.5, 0.6) is 0 Å². The predicted octanol–water partition coefficient (Wildman–Crippen LogP) is 2.13. The van der Waals surface area contributed by atoms with Gasteiger partial charge in [0, 0.05) is 25.4 Å². The number of nitrogens with zero attached hydrogens (tertiary/aromatic N) is 3. The van der Waals surface area contributed by atoms with Crippen LogP contribution in [0.1, 0.15) is 25.1 Å². The van der Waals surface area contributed by atoms with Crippen LogP contribution >= 0.6 is 0 Å². The summed E-state index contributed by atoms with van der Waals surface area (Å²) >= 11 is 0. The normalized spacial score (nSPS) is 20.2. The van der Waals surface area contributed by atoms with Gasteiger partial charge < -0.3 is 20.2 Å². The van der Waals surface area contributed by atoms with Crippen LogP contribution in [-0.2, 0) is 0 Å². The number of fused-ring (bicyclic) bond motifs is 1. The first-order valence-electron chi connectivity index (χ1n) is 11.0. The molecule has 0 saturated carbocycles. The van der Waals surface area contributed by atoms with Gasteiger partial charge in [-0.05, 0) is 30.7 Å². The molecule has 0 amide bonds. The second kappa shape index (κ2) is 9.73. The average Bonchev–Trinajstić information content (AvgIpc) is 3.15. The number of rotatable bonds is 6. The van der Waals surface area contributed by atoms with Crippen molar-refractivity contribution >= 4 is 16.9 Å². The Morgan fingerprint density at radius 2 is 1.81 bits per heavy atom. The molecule has 1 fully saturated rings. The van der Waals surface area contributed by atoms with Crippen LogP contribution in [0, 0.1) is 11.6 Å². The summed E-state index contributed by atoms with van der Waals surface area (Å²) < 4.78 is 69.1. The third-order valence-electron chi connectivity index (χ3n) is 6.07. The van der Waals surface area contributed by atoms with Crippen LogP contribution < -0.4 is 15.6 Å². The highest BCUT2D eigenvalue weighted by Crippen LogP contribution is 2.27. The van der Waals surface area contributed by atoms with Gasteiger partial charge in [0.05, 0.1) is 28.8 Å². The molecular weight excluding hydrogens is 491 g/mol. The number of pyridine rings is 2. The van der Waals surface area contributed by atoms with E-state index in [4.69, 9.17) is 0 Å². The number of aliphatic hydroxyl groups is 3. The topological polar surface area (TPSA) is 111 Å². The van der Waals surface area contributed by atoms with Crippen LogP contribution in [0.4, 0.5) is 27.8 Å². The lowest BCUT2D eigenvalue weighted by Gasteiger charge is -2.24. The Hall–Kier alpha value is -3.13. The van der Waals surface area contributed by atoms with Crippen molar-refractivity contribution in [3.05, 3.63) is 63.9 Å². The summed E-state index contributed by atoms with van der Waals surface area (Å²) in [5.41, 5.74) is -1.75. The number of halogens is 5. The number of alkyl halides is 3. The maximum atomic E-state index is 14.8. The van der Waals surface area contributed by atoms with Crippen molar-refractivity contribution in [3.8, 4) is 5.69 Å². The fourth-order valence-corrected chi connectivity index (χ4v) is 4.13. The minimum atomic E-state index is -4.70. The van der Waals surface area contributed by atoms with Crippen molar-refractivity contribution in [2.75, 3.05) is 18.0 Å². The smallest absolute Gasteiger partial charge is 0.389 e. The van der Waals surface area contributed by atoms with Crippen molar-refractivity contribution in [2.45, 2.75) is 44.0 Å². The Morgan fingerprint density at radius 3 is 2.39 bits per heavy atom. The van der Waals surface area contributed by atoms with Gasteiger partial charge >= 0.3 is 6.18 Å². The highest BCUT2D eigenvalue weighted by molar-refractivity contribution is 5.79. The van der Waals surface area contributed by atoms with E-state index in [1.165, 1.54) is 24.0 Å². The fourth-order valence-electron chi connectivity index (χ4n) is 4.13. The third-order valence-corrected chi connectivity index (χ3v) is 6.07. The van der Waals surface area contributed by atoms with Crippen LogP contribution in [0.3, 0.4) is 0 Å². The van der Waals surface area contributed by atoms with E-state index in [1.807, 2.05) is 5.32 Å². The standard InChI is InChI=1S/C23H23F5N4O4/c1-2-18(23(26,27)28)29-22(36)13-8-32(15-5-3-11(24)7-14(15)25)21-12(20(13)35)4-6-19(30-21)31-9-16(33)17(34)10-31/h3-8,16-18,22,29,33-34,36H,2,9-10H2,1H3/t16-,17-,18-,22?/m1/s1. The molecule has 1 aliphatic rings. The molecule has 0 bridgehead atoms. The summed E-state index contributed by atoms with van der Waals surface area (Å²) in [6.07, 6.45) is -8.31. The zero-order valence-corrected chi connectivity index (χ0v) is 18.9. The van der Waals surface area contributed by atoms with Crippen LogP contribution in [0.15, 0.2) is 41.3 Å². The molecule has 1 aromatic carbocycles. The first kappa shape index (κ1) is 25.9. The zero-order valence-electron chi connectivity index (χ0n) is 18.9. The lowest BCUT2D eigenvalue weighted by Crippen LogP contribution is -2.44. The number of hydrogen-bond acceptors (Lipinski definition) is 7. The van der Waals surface area contributed by atoms with Gasteiger partial charge in [0.15, 0.2) is 11.1 Å².